The Hall–Kier alpha value is -1.66. The van der Waals surface area contributed by atoms with E-state index in [-0.39, 0.29) is 18.4 Å². The van der Waals surface area contributed by atoms with Crippen LogP contribution in [0.25, 0.3) is 0 Å². The van der Waals surface area contributed by atoms with Crippen molar-refractivity contribution in [3.63, 3.8) is 0 Å². The summed E-state index contributed by atoms with van der Waals surface area (Å²) in [6.45, 7) is -0.0390. The van der Waals surface area contributed by atoms with Gasteiger partial charge in [-0.3, -0.25) is 9.59 Å². The molecule has 120 valence electrons. The number of hydrogen-bond donors (Lipinski definition) is 2. The van der Waals surface area contributed by atoms with Gasteiger partial charge in [-0.15, -0.1) is 11.3 Å². The maximum Gasteiger partial charge on any atom is 0.261 e. The first-order valence-corrected chi connectivity index (χ1v) is 9.18. The zero-order valence-electron chi connectivity index (χ0n) is 12.5. The predicted octanol–water partition coefficient (Wildman–Crippen LogP) is 3.76. The summed E-state index contributed by atoms with van der Waals surface area (Å²) >= 11 is 4.92. The van der Waals surface area contributed by atoms with Crippen LogP contribution in [0.4, 0.5) is 5.69 Å². The van der Waals surface area contributed by atoms with E-state index in [1.54, 1.807) is 17.4 Å². The summed E-state index contributed by atoms with van der Waals surface area (Å²) in [6.07, 6.45) is 4.51. The minimum absolute atomic E-state index is 0.0390. The first-order chi connectivity index (χ1) is 11.1. The number of hydrogen-bond acceptors (Lipinski definition) is 3. The summed E-state index contributed by atoms with van der Waals surface area (Å²) < 4.78 is 0.811. The molecule has 2 amide bonds. The van der Waals surface area contributed by atoms with Crippen LogP contribution >= 0.6 is 27.3 Å². The molecule has 3 rings (SSSR count). The van der Waals surface area contributed by atoms with Crippen molar-refractivity contribution in [1.82, 2.24) is 5.32 Å². The van der Waals surface area contributed by atoms with Crippen molar-refractivity contribution in [3.8, 4) is 0 Å². The van der Waals surface area contributed by atoms with Gasteiger partial charge in [0.1, 0.15) is 0 Å². The van der Waals surface area contributed by atoms with Gasteiger partial charge in [0.15, 0.2) is 0 Å². The van der Waals surface area contributed by atoms with Crippen molar-refractivity contribution in [3.05, 3.63) is 50.1 Å². The van der Waals surface area contributed by atoms with E-state index in [0.717, 1.165) is 17.3 Å². The lowest BCUT2D eigenvalue weighted by molar-refractivity contribution is -0.115. The van der Waals surface area contributed by atoms with Crippen molar-refractivity contribution < 1.29 is 9.59 Å². The fourth-order valence-electron chi connectivity index (χ4n) is 2.61. The molecule has 0 atom stereocenters. The number of carbonyl (C=O) groups is 2. The molecule has 1 aliphatic rings. The smallest absolute Gasteiger partial charge is 0.261 e. The molecule has 1 aromatic heterocycles. The summed E-state index contributed by atoms with van der Waals surface area (Å²) in [6, 6.07) is 9.34. The molecule has 2 aromatic rings. The number of anilines is 1. The molecule has 0 unspecified atom stereocenters. The molecule has 0 saturated carbocycles. The Labute approximate surface area is 147 Å². The van der Waals surface area contributed by atoms with Crippen molar-refractivity contribution >= 4 is 44.8 Å². The molecule has 0 radical (unpaired) electrons. The number of para-hydroxylation sites is 1. The van der Waals surface area contributed by atoms with E-state index in [4.69, 9.17) is 0 Å². The van der Waals surface area contributed by atoms with Crippen LogP contribution < -0.4 is 10.6 Å². The first-order valence-electron chi connectivity index (χ1n) is 7.57. The number of amides is 2. The van der Waals surface area contributed by atoms with Gasteiger partial charge in [0.05, 0.1) is 17.1 Å². The average Bonchev–Trinajstić information content (AvgIpc) is 2.99. The maximum absolute atomic E-state index is 12.2. The van der Waals surface area contributed by atoms with E-state index in [0.29, 0.717) is 10.6 Å². The van der Waals surface area contributed by atoms with Crippen molar-refractivity contribution in [2.45, 2.75) is 25.7 Å². The van der Waals surface area contributed by atoms with Gasteiger partial charge >= 0.3 is 0 Å². The van der Waals surface area contributed by atoms with Gasteiger partial charge in [-0.1, -0.05) is 12.1 Å². The number of fused-ring (bicyclic) bond motifs is 1. The SMILES string of the molecule is O=C(CNC(=O)c1cc2c(s1)CCCC2)Nc1ccccc1Br. The summed E-state index contributed by atoms with van der Waals surface area (Å²) in [5.41, 5.74) is 1.99. The van der Waals surface area contributed by atoms with Crippen LogP contribution in [0.5, 0.6) is 0 Å². The zero-order valence-corrected chi connectivity index (χ0v) is 14.9. The average molecular weight is 393 g/mol. The van der Waals surface area contributed by atoms with E-state index in [2.05, 4.69) is 26.6 Å². The normalized spacial score (nSPS) is 13.3. The highest BCUT2D eigenvalue weighted by atomic mass is 79.9. The third-order valence-electron chi connectivity index (χ3n) is 3.78. The van der Waals surface area contributed by atoms with Crippen molar-refractivity contribution in [1.29, 1.82) is 0 Å². The monoisotopic (exact) mass is 392 g/mol. The second-order valence-corrected chi connectivity index (χ2v) is 7.47. The number of aryl methyl sites for hydroxylation is 2. The van der Waals surface area contributed by atoms with Gasteiger partial charge in [0.2, 0.25) is 5.91 Å². The van der Waals surface area contributed by atoms with E-state index < -0.39 is 0 Å². The molecule has 0 spiro atoms. The summed E-state index contributed by atoms with van der Waals surface area (Å²) in [5.74, 6) is -0.418. The van der Waals surface area contributed by atoms with Gasteiger partial charge < -0.3 is 10.6 Å². The Morgan fingerprint density at radius 1 is 1.17 bits per heavy atom. The van der Waals surface area contributed by atoms with E-state index in [9.17, 15) is 9.59 Å². The highest BCUT2D eigenvalue weighted by molar-refractivity contribution is 9.10. The highest BCUT2D eigenvalue weighted by Gasteiger charge is 2.17. The number of benzene rings is 1. The number of thiophene rings is 1. The third-order valence-corrected chi connectivity index (χ3v) is 5.71. The Bertz CT molecular complexity index is 718. The minimum Gasteiger partial charge on any atom is -0.342 e. The molecule has 4 nitrogen and oxygen atoms in total. The molecule has 2 N–H and O–H groups in total. The zero-order chi connectivity index (χ0) is 16.2. The van der Waals surface area contributed by atoms with Crippen molar-refractivity contribution in [2.24, 2.45) is 0 Å². The topological polar surface area (TPSA) is 58.2 Å². The molecule has 1 heterocycles. The van der Waals surface area contributed by atoms with Gasteiger partial charge in [-0.25, -0.2) is 0 Å². The molecule has 1 aromatic carbocycles. The van der Waals surface area contributed by atoms with E-state index in [1.165, 1.54) is 23.3 Å². The number of carbonyl (C=O) groups excluding carboxylic acids is 2. The lowest BCUT2D eigenvalue weighted by Crippen LogP contribution is -2.32. The van der Waals surface area contributed by atoms with Crippen LogP contribution in [0, 0.1) is 0 Å². The number of rotatable bonds is 4. The lowest BCUT2D eigenvalue weighted by Gasteiger charge is -2.08. The Morgan fingerprint density at radius 3 is 2.74 bits per heavy atom. The van der Waals surface area contributed by atoms with Crippen LogP contribution in [0.1, 0.15) is 33.0 Å². The Morgan fingerprint density at radius 2 is 1.96 bits per heavy atom. The van der Waals surface area contributed by atoms with Crippen LogP contribution in [-0.2, 0) is 17.6 Å². The second-order valence-electron chi connectivity index (χ2n) is 5.48. The molecule has 0 aliphatic heterocycles. The Balaban J connectivity index is 1.55. The van der Waals surface area contributed by atoms with E-state index >= 15 is 0 Å². The second kappa shape index (κ2) is 7.27. The highest BCUT2D eigenvalue weighted by Crippen LogP contribution is 2.29. The molecule has 0 saturated heterocycles. The lowest BCUT2D eigenvalue weighted by atomic mass is 9.99. The fourth-order valence-corrected chi connectivity index (χ4v) is 4.16. The summed E-state index contributed by atoms with van der Waals surface area (Å²) in [5, 5.41) is 5.46. The number of halogens is 1. The standard InChI is InChI=1S/C17H17BrN2O2S/c18-12-6-2-3-7-13(12)20-16(21)10-19-17(22)15-9-11-5-1-4-8-14(11)23-15/h2-3,6-7,9H,1,4-5,8,10H2,(H,19,22)(H,20,21). The largest absolute Gasteiger partial charge is 0.342 e. The maximum atomic E-state index is 12.2. The first kappa shape index (κ1) is 16.2. The number of nitrogens with one attached hydrogen (secondary N) is 2. The third kappa shape index (κ3) is 4.00. The molecule has 6 heteroatoms. The van der Waals surface area contributed by atoms with Crippen LogP contribution in [-0.4, -0.2) is 18.4 Å². The Kier molecular flexibility index (Phi) is 5.13. The van der Waals surface area contributed by atoms with Gasteiger partial charge in [0, 0.05) is 9.35 Å². The minimum atomic E-state index is -0.244. The fraction of sp³-hybridized carbons (Fsp3) is 0.294. The van der Waals surface area contributed by atoms with E-state index in [1.807, 2.05) is 24.3 Å². The predicted molar refractivity (Wildman–Crippen MR) is 96.1 cm³/mol. The molecular weight excluding hydrogens is 376 g/mol. The quantitative estimate of drug-likeness (QED) is 0.831. The molecule has 23 heavy (non-hydrogen) atoms. The van der Waals surface area contributed by atoms with Gasteiger partial charge in [0.25, 0.3) is 5.91 Å². The molecule has 0 fully saturated rings. The molecule has 0 bridgehead atoms. The van der Waals surface area contributed by atoms with Crippen molar-refractivity contribution in [2.75, 3.05) is 11.9 Å². The summed E-state index contributed by atoms with van der Waals surface area (Å²) in [7, 11) is 0. The molecule has 1 aliphatic carbocycles. The van der Waals surface area contributed by atoms with Crippen LogP contribution in [0.15, 0.2) is 34.8 Å². The molecular formula is C17H17BrN2O2S. The summed E-state index contributed by atoms with van der Waals surface area (Å²) in [4.78, 5) is 26.2. The van der Waals surface area contributed by atoms with Gasteiger partial charge in [-0.05, 0) is 65.4 Å². The van der Waals surface area contributed by atoms with Crippen LogP contribution in [0.2, 0.25) is 0 Å². The van der Waals surface area contributed by atoms with Gasteiger partial charge in [-0.2, -0.15) is 0 Å². The van der Waals surface area contributed by atoms with Crippen LogP contribution in [0.3, 0.4) is 0 Å².